The molecule has 2 N–H and O–H groups in total. The fourth-order valence-corrected chi connectivity index (χ4v) is 7.47. The van der Waals surface area contributed by atoms with Gasteiger partial charge in [-0.15, -0.1) is 0 Å². The molecule has 0 aromatic heterocycles. The van der Waals surface area contributed by atoms with Crippen molar-refractivity contribution in [3.8, 4) is 0 Å². The summed E-state index contributed by atoms with van der Waals surface area (Å²) in [5, 5.41) is 13.9. The van der Waals surface area contributed by atoms with Crippen molar-refractivity contribution in [1.82, 2.24) is 5.32 Å². The van der Waals surface area contributed by atoms with E-state index in [2.05, 4.69) is 19.2 Å². The number of rotatable bonds is 41. The van der Waals surface area contributed by atoms with Crippen LogP contribution in [0.1, 0.15) is 219 Å². The second-order valence-electron chi connectivity index (χ2n) is 16.8. The second-order valence-corrected chi connectivity index (χ2v) is 18.2. The van der Waals surface area contributed by atoms with Crippen LogP contribution in [0.2, 0.25) is 0 Å². The predicted molar refractivity (Wildman–Crippen MR) is 219 cm³/mol. The maximum atomic E-state index is 12.8. The zero-order valence-electron chi connectivity index (χ0n) is 35.3. The molecule has 52 heavy (non-hydrogen) atoms. The summed E-state index contributed by atoms with van der Waals surface area (Å²) in [5.74, 6) is -0.162. The van der Waals surface area contributed by atoms with E-state index in [1.165, 1.54) is 154 Å². The van der Waals surface area contributed by atoms with E-state index in [9.17, 15) is 19.4 Å². The molecule has 0 aliphatic carbocycles. The van der Waals surface area contributed by atoms with E-state index < -0.39 is 20.0 Å². The molecule has 9 heteroatoms. The number of carbonyl (C=O) groups is 1. The van der Waals surface area contributed by atoms with Gasteiger partial charge in [0.05, 0.1) is 39.9 Å². The monoisotopic (exact) mass is 761 g/mol. The Labute approximate surface area is 323 Å². The highest BCUT2D eigenvalue weighted by molar-refractivity contribution is 7.45. The van der Waals surface area contributed by atoms with Gasteiger partial charge < -0.3 is 28.8 Å². The summed E-state index contributed by atoms with van der Waals surface area (Å²) < 4.78 is 23.3. The molecule has 0 aromatic carbocycles. The minimum absolute atomic E-state index is 0.0160. The molecular weight excluding hydrogens is 671 g/mol. The van der Waals surface area contributed by atoms with E-state index in [0.717, 1.165) is 38.5 Å². The van der Waals surface area contributed by atoms with Crippen LogP contribution < -0.4 is 10.2 Å². The molecule has 1 amide bonds. The Hall–Kier alpha value is -0.500. The Kier molecular flexibility index (Phi) is 35.8. The molecule has 0 aromatic rings. The molecule has 3 atom stereocenters. The summed E-state index contributed by atoms with van der Waals surface area (Å²) in [6.07, 6.45) is 38.1. The highest BCUT2D eigenvalue weighted by Gasteiger charge is 2.24. The van der Waals surface area contributed by atoms with Gasteiger partial charge in [-0.25, -0.2) is 0 Å². The zero-order chi connectivity index (χ0) is 38.6. The number of phosphoric ester groups is 1. The first-order valence-electron chi connectivity index (χ1n) is 22.4. The number of nitrogens with one attached hydrogen (secondary N) is 1. The van der Waals surface area contributed by atoms with E-state index in [-0.39, 0.29) is 19.1 Å². The lowest BCUT2D eigenvalue weighted by Crippen LogP contribution is -2.46. The third-order valence-corrected chi connectivity index (χ3v) is 11.3. The standard InChI is InChI=1S/C43H89N2O6P/c1-6-8-10-12-14-16-18-20-21-22-23-25-26-28-30-32-34-36-42(46)41(40-51-52(48,49)50-39-38-45(3,4)5)44-43(47)37-35-33-31-29-27-24-19-17-15-13-11-9-7-2/h41-42,46H,6-40H2,1-5H3,(H-,44,47,48,49)/t41-,42+/m0/s1. The number of unbranched alkanes of at least 4 members (excludes halogenated alkanes) is 28. The molecule has 312 valence electrons. The van der Waals surface area contributed by atoms with E-state index >= 15 is 0 Å². The Balaban J connectivity index is 4.33. The minimum atomic E-state index is -4.55. The Bertz CT molecular complexity index is 824. The van der Waals surface area contributed by atoms with Gasteiger partial charge in [-0.1, -0.05) is 200 Å². The van der Waals surface area contributed by atoms with Gasteiger partial charge in [-0.2, -0.15) is 0 Å². The zero-order valence-corrected chi connectivity index (χ0v) is 36.2. The van der Waals surface area contributed by atoms with Crippen LogP contribution in [-0.2, 0) is 18.4 Å². The number of hydrogen-bond donors (Lipinski definition) is 2. The lowest BCUT2D eigenvalue weighted by molar-refractivity contribution is -0.870. The fraction of sp³-hybridized carbons (Fsp3) is 0.977. The maximum Gasteiger partial charge on any atom is 0.268 e. The molecule has 0 saturated heterocycles. The van der Waals surface area contributed by atoms with Gasteiger partial charge >= 0.3 is 0 Å². The van der Waals surface area contributed by atoms with Crippen molar-refractivity contribution in [2.45, 2.75) is 231 Å². The first-order chi connectivity index (χ1) is 25.0. The molecule has 0 radical (unpaired) electrons. The number of amides is 1. The van der Waals surface area contributed by atoms with Crippen molar-refractivity contribution in [2.24, 2.45) is 0 Å². The van der Waals surface area contributed by atoms with Crippen molar-refractivity contribution in [2.75, 3.05) is 40.9 Å². The summed E-state index contributed by atoms with van der Waals surface area (Å²) >= 11 is 0. The maximum absolute atomic E-state index is 12.8. The number of nitrogens with zero attached hydrogens (tertiary/aromatic N) is 1. The largest absolute Gasteiger partial charge is 0.756 e. The van der Waals surface area contributed by atoms with E-state index in [1.807, 2.05) is 21.1 Å². The average Bonchev–Trinajstić information content (AvgIpc) is 3.09. The van der Waals surface area contributed by atoms with E-state index in [4.69, 9.17) is 9.05 Å². The SMILES string of the molecule is CCCCCCCCCCCCCCCCCCC[C@@H](O)[C@H](COP(=O)([O-])OCC[N+](C)(C)C)NC(=O)CCCCCCCCCCCCCCC. The quantitative estimate of drug-likeness (QED) is 0.0365. The van der Waals surface area contributed by atoms with Crippen LogP contribution in [0.4, 0.5) is 0 Å². The second kappa shape index (κ2) is 36.2. The smallest absolute Gasteiger partial charge is 0.268 e. The molecule has 0 spiro atoms. The molecule has 0 aliphatic heterocycles. The molecular formula is C43H89N2O6P. The van der Waals surface area contributed by atoms with Crippen LogP contribution in [0.3, 0.4) is 0 Å². The van der Waals surface area contributed by atoms with Gasteiger partial charge in [0.2, 0.25) is 5.91 Å². The first-order valence-corrected chi connectivity index (χ1v) is 23.8. The molecule has 8 nitrogen and oxygen atoms in total. The number of quaternary nitrogens is 1. The Morgan fingerprint density at radius 2 is 0.942 bits per heavy atom. The van der Waals surface area contributed by atoms with Gasteiger partial charge in [0.15, 0.2) is 0 Å². The van der Waals surface area contributed by atoms with Crippen LogP contribution in [-0.4, -0.2) is 68.5 Å². The van der Waals surface area contributed by atoms with Crippen LogP contribution in [0.25, 0.3) is 0 Å². The topological polar surface area (TPSA) is 108 Å². The normalized spacial score (nSPS) is 14.4. The average molecular weight is 761 g/mol. The highest BCUT2D eigenvalue weighted by atomic mass is 31.2. The van der Waals surface area contributed by atoms with Crippen molar-refractivity contribution in [3.05, 3.63) is 0 Å². The minimum Gasteiger partial charge on any atom is -0.756 e. The van der Waals surface area contributed by atoms with Gasteiger partial charge in [-0.3, -0.25) is 9.36 Å². The van der Waals surface area contributed by atoms with Gasteiger partial charge in [0, 0.05) is 6.42 Å². The summed E-state index contributed by atoms with van der Waals surface area (Å²) in [6.45, 7) is 4.73. The van der Waals surface area contributed by atoms with Crippen molar-refractivity contribution in [3.63, 3.8) is 0 Å². The molecule has 1 unspecified atom stereocenters. The number of carbonyl (C=O) groups excluding carboxylic acids is 1. The number of aliphatic hydroxyl groups is 1. The number of hydrogen-bond acceptors (Lipinski definition) is 6. The van der Waals surface area contributed by atoms with Crippen molar-refractivity contribution >= 4 is 13.7 Å². The molecule has 0 bridgehead atoms. The third-order valence-electron chi connectivity index (χ3n) is 10.3. The number of phosphoric acid groups is 1. The molecule has 0 heterocycles. The lowest BCUT2D eigenvalue weighted by atomic mass is 10.0. The van der Waals surface area contributed by atoms with Crippen LogP contribution in [0.5, 0.6) is 0 Å². The Morgan fingerprint density at radius 1 is 0.596 bits per heavy atom. The predicted octanol–water partition coefficient (Wildman–Crippen LogP) is 11.6. The van der Waals surface area contributed by atoms with Gasteiger partial charge in [-0.05, 0) is 12.8 Å². The molecule has 0 aliphatic rings. The third kappa shape index (κ3) is 37.8. The number of aliphatic hydroxyl groups excluding tert-OH is 1. The van der Waals surface area contributed by atoms with Gasteiger partial charge in [0.1, 0.15) is 13.2 Å². The van der Waals surface area contributed by atoms with Crippen LogP contribution >= 0.6 is 7.82 Å². The van der Waals surface area contributed by atoms with E-state index in [0.29, 0.717) is 23.9 Å². The molecule has 0 fully saturated rings. The summed E-state index contributed by atoms with van der Waals surface area (Å²) in [4.78, 5) is 25.3. The summed E-state index contributed by atoms with van der Waals surface area (Å²) in [5.41, 5.74) is 0. The summed E-state index contributed by atoms with van der Waals surface area (Å²) in [6, 6.07) is -0.792. The van der Waals surface area contributed by atoms with E-state index in [1.54, 1.807) is 0 Å². The van der Waals surface area contributed by atoms with Crippen molar-refractivity contribution < 1.29 is 32.9 Å². The highest BCUT2D eigenvalue weighted by Crippen LogP contribution is 2.38. The van der Waals surface area contributed by atoms with Crippen molar-refractivity contribution in [1.29, 1.82) is 0 Å². The summed E-state index contributed by atoms with van der Waals surface area (Å²) in [7, 11) is 1.32. The van der Waals surface area contributed by atoms with Crippen LogP contribution in [0, 0.1) is 0 Å². The fourth-order valence-electron chi connectivity index (χ4n) is 6.75. The molecule has 0 rings (SSSR count). The first kappa shape index (κ1) is 51.5. The Morgan fingerprint density at radius 3 is 1.31 bits per heavy atom. The van der Waals surface area contributed by atoms with Crippen LogP contribution in [0.15, 0.2) is 0 Å². The van der Waals surface area contributed by atoms with Gasteiger partial charge in [0.25, 0.3) is 7.82 Å². The molecule has 0 saturated carbocycles. The lowest BCUT2D eigenvalue weighted by Gasteiger charge is -2.30. The number of likely N-dealkylation sites (N-methyl/N-ethyl adjacent to an activating group) is 1.